The number of carbonyl (C=O) groups is 2. The number of hydrogen-bond acceptors (Lipinski definition) is 5. The molecule has 0 aliphatic heterocycles. The van der Waals surface area contributed by atoms with Crippen molar-refractivity contribution in [1.29, 1.82) is 0 Å². The van der Waals surface area contributed by atoms with Crippen LogP contribution in [0, 0.1) is 0 Å². The standard InChI is InChI=1S/C55H103NO5/c1-4-7-10-13-16-19-22-24-26-28-29-32-35-38-41-44-47-53(58)52(50-57)56-54(59)49-51(46-43-40-37-34-31-21-18-15-12-9-6-3)61-55(60)48-45-42-39-36-33-30-27-25-23-20-17-14-11-8-5-2/h20,23,34,37,43,46,51-53,57-58H,4-19,21-22,24-33,35-36,38-42,44-45,47-50H2,1-3H3,(H,56,59)/b23-20-,37-34-,46-43+. The predicted molar refractivity (Wildman–Crippen MR) is 264 cm³/mol. The lowest BCUT2D eigenvalue weighted by Crippen LogP contribution is -2.46. The summed E-state index contributed by atoms with van der Waals surface area (Å²) in [6.07, 6.45) is 58.1. The maximum Gasteiger partial charge on any atom is 0.306 e. The van der Waals surface area contributed by atoms with E-state index in [-0.39, 0.29) is 24.9 Å². The number of nitrogens with one attached hydrogen (secondary N) is 1. The maximum atomic E-state index is 13.2. The van der Waals surface area contributed by atoms with E-state index in [1.807, 2.05) is 12.2 Å². The third-order valence-corrected chi connectivity index (χ3v) is 12.2. The number of unbranched alkanes of at least 4 members (excludes halogenated alkanes) is 32. The first-order chi connectivity index (χ1) is 30.0. The van der Waals surface area contributed by atoms with E-state index in [0.29, 0.717) is 12.8 Å². The van der Waals surface area contributed by atoms with E-state index in [4.69, 9.17) is 4.74 Å². The second-order valence-electron chi connectivity index (χ2n) is 18.3. The summed E-state index contributed by atoms with van der Waals surface area (Å²) < 4.78 is 5.83. The first-order valence-electron chi connectivity index (χ1n) is 26.7. The fourth-order valence-electron chi connectivity index (χ4n) is 8.10. The normalized spacial score (nSPS) is 13.5. The van der Waals surface area contributed by atoms with Crippen molar-refractivity contribution in [2.24, 2.45) is 0 Å². The third kappa shape index (κ3) is 44.5. The van der Waals surface area contributed by atoms with Gasteiger partial charge in [0.25, 0.3) is 0 Å². The average Bonchev–Trinajstić information content (AvgIpc) is 3.25. The molecule has 0 saturated heterocycles. The molecule has 0 fully saturated rings. The molecular formula is C55H103NO5. The van der Waals surface area contributed by atoms with Crippen LogP contribution in [-0.4, -0.2) is 46.9 Å². The summed E-state index contributed by atoms with van der Waals surface area (Å²) in [4.78, 5) is 26.1. The van der Waals surface area contributed by atoms with Crippen molar-refractivity contribution in [3.63, 3.8) is 0 Å². The molecule has 1 amide bonds. The van der Waals surface area contributed by atoms with Gasteiger partial charge in [0.2, 0.25) is 5.91 Å². The fourth-order valence-corrected chi connectivity index (χ4v) is 8.10. The Kier molecular flexibility index (Phi) is 47.6. The van der Waals surface area contributed by atoms with Crippen LogP contribution in [0.25, 0.3) is 0 Å². The monoisotopic (exact) mass is 858 g/mol. The number of aliphatic hydroxyl groups is 2. The third-order valence-electron chi connectivity index (χ3n) is 12.2. The van der Waals surface area contributed by atoms with E-state index >= 15 is 0 Å². The number of esters is 1. The lowest BCUT2D eigenvalue weighted by Gasteiger charge is -2.23. The number of rotatable bonds is 48. The highest BCUT2D eigenvalue weighted by molar-refractivity contribution is 5.78. The number of allylic oxidation sites excluding steroid dienone is 5. The highest BCUT2D eigenvalue weighted by atomic mass is 16.5. The summed E-state index contributed by atoms with van der Waals surface area (Å²) in [6.45, 7) is 6.45. The van der Waals surface area contributed by atoms with E-state index < -0.39 is 18.2 Å². The molecule has 0 aromatic carbocycles. The highest BCUT2D eigenvalue weighted by Gasteiger charge is 2.23. The van der Waals surface area contributed by atoms with Crippen molar-refractivity contribution in [3.05, 3.63) is 36.5 Å². The zero-order valence-corrected chi connectivity index (χ0v) is 40.8. The summed E-state index contributed by atoms with van der Waals surface area (Å²) >= 11 is 0. The fraction of sp³-hybridized carbons (Fsp3) is 0.855. The highest BCUT2D eigenvalue weighted by Crippen LogP contribution is 2.17. The summed E-state index contributed by atoms with van der Waals surface area (Å²) in [6, 6.07) is -0.731. The summed E-state index contributed by atoms with van der Waals surface area (Å²) in [5, 5.41) is 23.7. The van der Waals surface area contributed by atoms with Gasteiger partial charge in [-0.1, -0.05) is 237 Å². The van der Waals surface area contributed by atoms with Gasteiger partial charge in [0.15, 0.2) is 0 Å². The van der Waals surface area contributed by atoms with Gasteiger partial charge >= 0.3 is 5.97 Å². The van der Waals surface area contributed by atoms with Gasteiger partial charge in [-0.3, -0.25) is 9.59 Å². The number of aliphatic hydroxyl groups excluding tert-OH is 2. The second-order valence-corrected chi connectivity index (χ2v) is 18.3. The molecule has 0 rings (SSSR count). The van der Waals surface area contributed by atoms with Gasteiger partial charge in [-0.05, 0) is 63.9 Å². The lowest BCUT2D eigenvalue weighted by atomic mass is 10.0. The van der Waals surface area contributed by atoms with Gasteiger partial charge < -0.3 is 20.3 Å². The first kappa shape index (κ1) is 59.1. The molecule has 0 spiro atoms. The van der Waals surface area contributed by atoms with Gasteiger partial charge in [0.05, 0.1) is 25.2 Å². The molecule has 0 bridgehead atoms. The molecule has 3 N–H and O–H groups in total. The second kappa shape index (κ2) is 49.1. The van der Waals surface area contributed by atoms with Crippen LogP contribution >= 0.6 is 0 Å². The van der Waals surface area contributed by atoms with Crippen molar-refractivity contribution >= 4 is 11.9 Å². The molecule has 0 aliphatic rings. The van der Waals surface area contributed by atoms with Crippen LogP contribution in [0.2, 0.25) is 0 Å². The van der Waals surface area contributed by atoms with E-state index in [1.54, 1.807) is 0 Å². The number of amides is 1. The van der Waals surface area contributed by atoms with Crippen LogP contribution in [-0.2, 0) is 14.3 Å². The predicted octanol–water partition coefficient (Wildman–Crippen LogP) is 16.1. The lowest BCUT2D eigenvalue weighted by molar-refractivity contribution is -0.148. The van der Waals surface area contributed by atoms with Crippen LogP contribution in [0.4, 0.5) is 0 Å². The Hall–Kier alpha value is -1.92. The minimum atomic E-state index is -0.809. The summed E-state index contributed by atoms with van der Waals surface area (Å²) in [5.74, 6) is -0.599. The van der Waals surface area contributed by atoms with Crippen LogP contribution in [0.1, 0.15) is 278 Å². The Morgan fingerprint density at radius 2 is 0.869 bits per heavy atom. The molecular weight excluding hydrogens is 755 g/mol. The Morgan fingerprint density at radius 1 is 0.492 bits per heavy atom. The Bertz CT molecular complexity index is 1010. The zero-order chi connectivity index (χ0) is 44.5. The maximum absolute atomic E-state index is 13.2. The van der Waals surface area contributed by atoms with Gasteiger partial charge in [-0.25, -0.2) is 0 Å². The van der Waals surface area contributed by atoms with Gasteiger partial charge in [0.1, 0.15) is 6.10 Å². The van der Waals surface area contributed by atoms with Crippen LogP contribution in [0.3, 0.4) is 0 Å². The van der Waals surface area contributed by atoms with Crippen LogP contribution in [0.5, 0.6) is 0 Å². The molecule has 61 heavy (non-hydrogen) atoms. The van der Waals surface area contributed by atoms with Gasteiger partial charge in [0, 0.05) is 6.42 Å². The van der Waals surface area contributed by atoms with E-state index in [1.165, 1.54) is 186 Å². The van der Waals surface area contributed by atoms with Crippen molar-refractivity contribution in [2.75, 3.05) is 6.61 Å². The molecule has 3 atom stereocenters. The molecule has 0 heterocycles. The molecule has 0 aromatic heterocycles. The van der Waals surface area contributed by atoms with Crippen molar-refractivity contribution in [2.45, 2.75) is 296 Å². The van der Waals surface area contributed by atoms with Gasteiger partial charge in [-0.2, -0.15) is 0 Å². The van der Waals surface area contributed by atoms with Crippen molar-refractivity contribution in [3.8, 4) is 0 Å². The Morgan fingerprint density at radius 3 is 1.31 bits per heavy atom. The van der Waals surface area contributed by atoms with Crippen molar-refractivity contribution < 1.29 is 24.5 Å². The smallest absolute Gasteiger partial charge is 0.306 e. The van der Waals surface area contributed by atoms with E-state index in [0.717, 1.165) is 51.4 Å². The summed E-state index contributed by atoms with van der Waals surface area (Å²) in [5.41, 5.74) is 0. The Balaban J connectivity index is 4.54. The van der Waals surface area contributed by atoms with E-state index in [9.17, 15) is 19.8 Å². The molecule has 6 heteroatoms. The topological polar surface area (TPSA) is 95.9 Å². The quantitative estimate of drug-likeness (QED) is 0.0322. The largest absolute Gasteiger partial charge is 0.458 e. The molecule has 3 unspecified atom stereocenters. The van der Waals surface area contributed by atoms with Crippen LogP contribution in [0.15, 0.2) is 36.5 Å². The Labute approximate surface area is 379 Å². The average molecular weight is 858 g/mol. The molecule has 0 radical (unpaired) electrons. The van der Waals surface area contributed by atoms with Crippen LogP contribution < -0.4 is 5.32 Å². The molecule has 358 valence electrons. The minimum absolute atomic E-state index is 0.0278. The molecule has 0 aliphatic carbocycles. The SMILES string of the molecule is CCCCCC/C=C\CCCCCCCCCC(=O)OC(/C=C/C/C=C\CCCCCCCC)CC(=O)NC(CO)C(O)CCCCCCCCCCCCCCCCCC. The zero-order valence-electron chi connectivity index (χ0n) is 40.8. The summed E-state index contributed by atoms with van der Waals surface area (Å²) in [7, 11) is 0. The first-order valence-corrected chi connectivity index (χ1v) is 26.7. The van der Waals surface area contributed by atoms with Gasteiger partial charge in [-0.15, -0.1) is 0 Å². The molecule has 0 saturated carbocycles. The van der Waals surface area contributed by atoms with E-state index in [2.05, 4.69) is 50.4 Å². The number of carbonyl (C=O) groups excluding carboxylic acids is 2. The molecule has 6 nitrogen and oxygen atoms in total. The molecule has 0 aromatic rings. The van der Waals surface area contributed by atoms with Crippen molar-refractivity contribution in [1.82, 2.24) is 5.32 Å². The minimum Gasteiger partial charge on any atom is -0.458 e. The number of ether oxygens (including phenoxy) is 1. The number of hydrogen-bond donors (Lipinski definition) is 3.